The number of ketones is 1. The molecule has 1 heterocycles. The van der Waals surface area contributed by atoms with E-state index in [0.717, 1.165) is 0 Å². The minimum Gasteiger partial charge on any atom is -0.459 e. The lowest BCUT2D eigenvalue weighted by Crippen LogP contribution is -2.36. The van der Waals surface area contributed by atoms with Gasteiger partial charge in [-0.15, -0.1) is 0 Å². The van der Waals surface area contributed by atoms with Crippen LogP contribution in [0.5, 0.6) is 0 Å². The Balaban J connectivity index is 1.90. The number of ether oxygens (including phenoxy) is 3. The highest BCUT2D eigenvalue weighted by molar-refractivity contribution is 5.95. The van der Waals surface area contributed by atoms with Crippen LogP contribution in [0.2, 0.25) is 0 Å². The van der Waals surface area contributed by atoms with Crippen LogP contribution >= 0.6 is 0 Å². The summed E-state index contributed by atoms with van der Waals surface area (Å²) in [4.78, 5) is 23.3. The summed E-state index contributed by atoms with van der Waals surface area (Å²) in [5, 5.41) is 0. The third-order valence-corrected chi connectivity index (χ3v) is 2.64. The van der Waals surface area contributed by atoms with E-state index < -0.39 is 18.4 Å². The number of carbonyl (C=O) groups excluding carboxylic acids is 2. The Kier molecular flexibility index (Phi) is 4.43. The molecule has 2 atom stereocenters. The zero-order valence-electron chi connectivity index (χ0n) is 10.4. The van der Waals surface area contributed by atoms with Gasteiger partial charge >= 0.3 is 5.97 Å². The monoisotopic (exact) mass is 262 g/mol. The van der Waals surface area contributed by atoms with Crippen molar-refractivity contribution in [3.63, 3.8) is 0 Å². The molecule has 0 unspecified atom stereocenters. The van der Waals surface area contributed by atoms with Gasteiger partial charge in [0.05, 0.1) is 5.56 Å². The van der Waals surface area contributed by atoms with Crippen molar-refractivity contribution < 1.29 is 23.8 Å². The van der Waals surface area contributed by atoms with Crippen LogP contribution in [-0.2, 0) is 19.0 Å². The number of esters is 1. The third-order valence-electron chi connectivity index (χ3n) is 2.64. The van der Waals surface area contributed by atoms with Crippen molar-refractivity contribution >= 4 is 11.8 Å². The highest BCUT2D eigenvalue weighted by Gasteiger charge is 2.26. The molecule has 0 bridgehead atoms. The number of rotatable bonds is 4. The fraction of sp³-hybridized carbons (Fsp3) is 0.286. The third kappa shape index (κ3) is 3.49. The minimum absolute atomic E-state index is 0.128. The molecule has 19 heavy (non-hydrogen) atoms. The van der Waals surface area contributed by atoms with E-state index in [9.17, 15) is 9.59 Å². The second kappa shape index (κ2) is 6.26. The summed E-state index contributed by atoms with van der Waals surface area (Å²) >= 11 is 0. The van der Waals surface area contributed by atoms with Crippen LogP contribution in [0.3, 0.4) is 0 Å². The van der Waals surface area contributed by atoms with Crippen LogP contribution < -0.4 is 0 Å². The maximum Gasteiger partial charge on any atom is 0.338 e. The highest BCUT2D eigenvalue weighted by Crippen LogP contribution is 2.11. The standard InChI is InChI=1S/C14H14O5/c1-17-13-8-7-11(15)12(19-13)9-18-14(16)10-5-3-2-4-6-10/h2-8,12-13H,9H2,1H3/t12-,13+/m1/s1. The largest absolute Gasteiger partial charge is 0.459 e. The first-order valence-electron chi connectivity index (χ1n) is 5.83. The van der Waals surface area contributed by atoms with Gasteiger partial charge in [-0.3, -0.25) is 4.79 Å². The van der Waals surface area contributed by atoms with Crippen molar-refractivity contribution in [2.24, 2.45) is 0 Å². The van der Waals surface area contributed by atoms with E-state index in [0.29, 0.717) is 5.56 Å². The Morgan fingerprint density at radius 3 is 2.74 bits per heavy atom. The molecule has 0 saturated carbocycles. The molecule has 0 spiro atoms. The van der Waals surface area contributed by atoms with Crippen molar-refractivity contribution in [1.29, 1.82) is 0 Å². The summed E-state index contributed by atoms with van der Waals surface area (Å²) < 4.78 is 15.3. The van der Waals surface area contributed by atoms with Gasteiger partial charge in [0.1, 0.15) is 6.61 Å². The summed E-state index contributed by atoms with van der Waals surface area (Å²) in [7, 11) is 1.47. The van der Waals surface area contributed by atoms with Gasteiger partial charge in [-0.2, -0.15) is 0 Å². The van der Waals surface area contributed by atoms with Crippen LogP contribution in [0.4, 0.5) is 0 Å². The summed E-state index contributed by atoms with van der Waals surface area (Å²) in [5.74, 6) is -0.727. The molecule has 0 radical (unpaired) electrons. The van der Waals surface area contributed by atoms with Crippen molar-refractivity contribution in [3.8, 4) is 0 Å². The zero-order chi connectivity index (χ0) is 13.7. The van der Waals surface area contributed by atoms with E-state index in [-0.39, 0.29) is 12.4 Å². The Labute approximate surface area is 110 Å². The topological polar surface area (TPSA) is 61.8 Å². The Hall–Kier alpha value is -1.98. The van der Waals surface area contributed by atoms with E-state index in [1.807, 2.05) is 0 Å². The number of methoxy groups -OCH3 is 1. The lowest BCUT2D eigenvalue weighted by molar-refractivity contribution is -0.161. The zero-order valence-corrected chi connectivity index (χ0v) is 10.4. The fourth-order valence-corrected chi connectivity index (χ4v) is 1.62. The van der Waals surface area contributed by atoms with E-state index in [1.165, 1.54) is 19.3 Å². The Morgan fingerprint density at radius 1 is 1.32 bits per heavy atom. The molecular weight excluding hydrogens is 248 g/mol. The van der Waals surface area contributed by atoms with Crippen LogP contribution in [0.25, 0.3) is 0 Å². The first kappa shape index (κ1) is 13.5. The predicted octanol–water partition coefficient (Wildman–Crippen LogP) is 1.34. The Morgan fingerprint density at radius 2 is 2.05 bits per heavy atom. The molecule has 0 fully saturated rings. The van der Waals surface area contributed by atoms with E-state index in [4.69, 9.17) is 14.2 Å². The van der Waals surface area contributed by atoms with E-state index in [2.05, 4.69) is 0 Å². The van der Waals surface area contributed by atoms with Gasteiger partial charge in [0, 0.05) is 7.11 Å². The lowest BCUT2D eigenvalue weighted by Gasteiger charge is -2.23. The molecule has 0 aromatic heterocycles. The molecule has 5 heteroatoms. The molecule has 100 valence electrons. The molecule has 0 aliphatic carbocycles. The summed E-state index contributed by atoms with van der Waals surface area (Å²) in [5.41, 5.74) is 0.435. The van der Waals surface area contributed by atoms with Crippen LogP contribution in [-0.4, -0.2) is 37.9 Å². The first-order valence-corrected chi connectivity index (χ1v) is 5.83. The van der Waals surface area contributed by atoms with Gasteiger partial charge in [-0.25, -0.2) is 4.79 Å². The number of hydrogen-bond acceptors (Lipinski definition) is 5. The average molecular weight is 262 g/mol. The van der Waals surface area contributed by atoms with Gasteiger partial charge in [-0.1, -0.05) is 18.2 Å². The molecular formula is C14H14O5. The second-order valence-electron chi connectivity index (χ2n) is 3.95. The number of carbonyl (C=O) groups is 2. The molecule has 1 aromatic carbocycles. The van der Waals surface area contributed by atoms with Crippen molar-refractivity contribution in [3.05, 3.63) is 48.0 Å². The average Bonchev–Trinajstić information content (AvgIpc) is 2.47. The highest BCUT2D eigenvalue weighted by atomic mass is 16.7. The van der Waals surface area contributed by atoms with Crippen LogP contribution in [0.1, 0.15) is 10.4 Å². The fourth-order valence-electron chi connectivity index (χ4n) is 1.62. The van der Waals surface area contributed by atoms with Crippen LogP contribution in [0, 0.1) is 0 Å². The van der Waals surface area contributed by atoms with Gasteiger partial charge in [0.25, 0.3) is 0 Å². The van der Waals surface area contributed by atoms with Crippen molar-refractivity contribution in [1.82, 2.24) is 0 Å². The van der Waals surface area contributed by atoms with Gasteiger partial charge in [0.2, 0.25) is 0 Å². The first-order chi connectivity index (χ1) is 9.20. The number of benzene rings is 1. The molecule has 0 saturated heterocycles. The normalized spacial score (nSPS) is 22.3. The van der Waals surface area contributed by atoms with Crippen molar-refractivity contribution in [2.45, 2.75) is 12.4 Å². The van der Waals surface area contributed by atoms with Crippen LogP contribution in [0.15, 0.2) is 42.5 Å². The smallest absolute Gasteiger partial charge is 0.338 e. The predicted molar refractivity (Wildman–Crippen MR) is 66.5 cm³/mol. The Bertz CT molecular complexity index is 480. The summed E-state index contributed by atoms with van der Waals surface area (Å²) in [6.45, 7) is -0.128. The molecule has 0 amide bonds. The second-order valence-corrected chi connectivity index (χ2v) is 3.95. The van der Waals surface area contributed by atoms with Gasteiger partial charge < -0.3 is 14.2 Å². The molecule has 1 aromatic rings. The maximum absolute atomic E-state index is 11.7. The minimum atomic E-state index is -0.817. The maximum atomic E-state index is 11.7. The molecule has 1 aliphatic heterocycles. The SMILES string of the molecule is CO[C@@H]1C=CC(=O)[C@@H](COC(=O)c2ccccc2)O1. The van der Waals surface area contributed by atoms with Gasteiger partial charge in [-0.05, 0) is 24.3 Å². The lowest BCUT2D eigenvalue weighted by atomic mass is 10.2. The van der Waals surface area contributed by atoms with E-state index in [1.54, 1.807) is 30.3 Å². The molecule has 5 nitrogen and oxygen atoms in total. The molecule has 2 rings (SSSR count). The molecule has 0 N–H and O–H groups in total. The van der Waals surface area contributed by atoms with E-state index >= 15 is 0 Å². The quantitative estimate of drug-likeness (QED) is 0.766. The molecule has 1 aliphatic rings. The van der Waals surface area contributed by atoms with Crippen molar-refractivity contribution in [2.75, 3.05) is 13.7 Å². The summed E-state index contributed by atoms with van der Waals surface area (Å²) in [6, 6.07) is 8.57. The summed E-state index contributed by atoms with van der Waals surface area (Å²) in [6.07, 6.45) is 1.48. The van der Waals surface area contributed by atoms with Gasteiger partial charge in [0.15, 0.2) is 18.2 Å². The number of hydrogen-bond donors (Lipinski definition) is 0.